The van der Waals surface area contributed by atoms with Gasteiger partial charge in [-0.2, -0.15) is 0 Å². The minimum atomic E-state index is 0.191. The lowest BCUT2D eigenvalue weighted by molar-refractivity contribution is 0.104. The first-order chi connectivity index (χ1) is 6.97. The molecule has 0 amide bonds. The Hall–Kier alpha value is -0.120. The summed E-state index contributed by atoms with van der Waals surface area (Å²) in [5.41, 5.74) is 6.20. The maximum absolute atomic E-state index is 6.01. The molecule has 1 aliphatic carbocycles. The molecule has 0 spiro atoms. The highest BCUT2D eigenvalue weighted by molar-refractivity contribution is 4.89. The molecular formula is C12H26N2O. The van der Waals surface area contributed by atoms with Crippen molar-refractivity contribution in [2.45, 2.75) is 45.7 Å². The van der Waals surface area contributed by atoms with Gasteiger partial charge in [0.2, 0.25) is 0 Å². The fraction of sp³-hybridized carbons (Fsp3) is 1.00. The zero-order chi connectivity index (χ0) is 11.5. The maximum atomic E-state index is 6.01. The number of hydrogen-bond acceptors (Lipinski definition) is 3. The van der Waals surface area contributed by atoms with Crippen LogP contribution >= 0.6 is 0 Å². The highest BCUT2D eigenvalue weighted by Crippen LogP contribution is 2.30. The molecule has 3 nitrogen and oxygen atoms in total. The molecule has 1 atom stereocenters. The molecular weight excluding hydrogens is 188 g/mol. The predicted octanol–water partition coefficient (Wildman–Crippen LogP) is 1.47. The van der Waals surface area contributed by atoms with E-state index in [0.717, 1.165) is 25.7 Å². The minimum Gasteiger partial charge on any atom is -0.383 e. The van der Waals surface area contributed by atoms with Gasteiger partial charge in [0.05, 0.1) is 6.61 Å². The molecule has 2 N–H and O–H groups in total. The summed E-state index contributed by atoms with van der Waals surface area (Å²) >= 11 is 0. The van der Waals surface area contributed by atoms with Crippen LogP contribution in [0.4, 0.5) is 0 Å². The van der Waals surface area contributed by atoms with Crippen molar-refractivity contribution in [3.8, 4) is 0 Å². The second-order valence-corrected chi connectivity index (χ2v) is 5.47. The Labute approximate surface area is 94.0 Å². The van der Waals surface area contributed by atoms with Gasteiger partial charge in [0.1, 0.15) is 0 Å². The third kappa shape index (κ3) is 4.09. The molecule has 0 aliphatic heterocycles. The fourth-order valence-corrected chi connectivity index (χ4v) is 1.71. The van der Waals surface area contributed by atoms with Gasteiger partial charge < -0.3 is 10.5 Å². The Morgan fingerprint density at radius 3 is 2.47 bits per heavy atom. The monoisotopic (exact) mass is 214 g/mol. The van der Waals surface area contributed by atoms with Gasteiger partial charge in [-0.15, -0.1) is 0 Å². The first-order valence-electron chi connectivity index (χ1n) is 5.96. The summed E-state index contributed by atoms with van der Waals surface area (Å²) in [6.07, 6.45) is 2.69. The van der Waals surface area contributed by atoms with E-state index in [2.05, 4.69) is 25.7 Å². The maximum Gasteiger partial charge on any atom is 0.0589 e. The first-order valence-corrected chi connectivity index (χ1v) is 5.96. The van der Waals surface area contributed by atoms with E-state index in [1.165, 1.54) is 12.8 Å². The Morgan fingerprint density at radius 2 is 2.07 bits per heavy atom. The highest BCUT2D eigenvalue weighted by atomic mass is 16.5. The van der Waals surface area contributed by atoms with Crippen molar-refractivity contribution in [1.29, 1.82) is 0 Å². The topological polar surface area (TPSA) is 38.5 Å². The van der Waals surface area contributed by atoms with E-state index in [1.807, 2.05) is 0 Å². The van der Waals surface area contributed by atoms with Gasteiger partial charge in [0, 0.05) is 32.3 Å². The molecule has 15 heavy (non-hydrogen) atoms. The van der Waals surface area contributed by atoms with Crippen LogP contribution in [0, 0.1) is 5.41 Å². The Morgan fingerprint density at radius 1 is 1.47 bits per heavy atom. The minimum absolute atomic E-state index is 0.191. The van der Waals surface area contributed by atoms with Crippen LogP contribution in [0.1, 0.15) is 33.6 Å². The van der Waals surface area contributed by atoms with Crippen molar-refractivity contribution >= 4 is 0 Å². The predicted molar refractivity (Wildman–Crippen MR) is 63.9 cm³/mol. The van der Waals surface area contributed by atoms with E-state index in [9.17, 15) is 0 Å². The summed E-state index contributed by atoms with van der Waals surface area (Å²) in [6, 6.07) is 1.03. The summed E-state index contributed by atoms with van der Waals surface area (Å²) in [5.74, 6) is 0. The molecule has 0 aromatic carbocycles. The highest BCUT2D eigenvalue weighted by Gasteiger charge is 2.34. The molecule has 0 radical (unpaired) electrons. The zero-order valence-electron chi connectivity index (χ0n) is 10.6. The van der Waals surface area contributed by atoms with Crippen LogP contribution in [0.15, 0.2) is 0 Å². The summed E-state index contributed by atoms with van der Waals surface area (Å²) in [5, 5.41) is 0. The van der Waals surface area contributed by atoms with Gasteiger partial charge in [-0.1, -0.05) is 13.8 Å². The molecule has 1 fully saturated rings. The van der Waals surface area contributed by atoms with Gasteiger partial charge in [0.25, 0.3) is 0 Å². The number of nitrogens with two attached hydrogens (primary N) is 1. The van der Waals surface area contributed by atoms with E-state index in [0.29, 0.717) is 0 Å². The summed E-state index contributed by atoms with van der Waals surface area (Å²) in [7, 11) is 1.77. The van der Waals surface area contributed by atoms with E-state index in [4.69, 9.17) is 10.5 Å². The van der Waals surface area contributed by atoms with Crippen molar-refractivity contribution in [3.05, 3.63) is 0 Å². The second-order valence-electron chi connectivity index (χ2n) is 5.47. The van der Waals surface area contributed by atoms with Gasteiger partial charge in [-0.3, -0.25) is 4.90 Å². The molecule has 0 heterocycles. The molecule has 1 unspecified atom stereocenters. The normalized spacial score (nSPS) is 19.6. The Kier molecular flexibility index (Phi) is 4.56. The number of ether oxygens (including phenoxy) is 1. The largest absolute Gasteiger partial charge is 0.383 e. The molecule has 3 heteroatoms. The van der Waals surface area contributed by atoms with Crippen LogP contribution in [-0.4, -0.2) is 43.8 Å². The van der Waals surface area contributed by atoms with Crippen LogP contribution in [0.5, 0.6) is 0 Å². The van der Waals surface area contributed by atoms with Crippen LogP contribution in [0.3, 0.4) is 0 Å². The number of rotatable bonds is 7. The van der Waals surface area contributed by atoms with E-state index >= 15 is 0 Å². The molecule has 0 bridgehead atoms. The molecule has 90 valence electrons. The zero-order valence-corrected chi connectivity index (χ0v) is 10.6. The molecule has 1 saturated carbocycles. The molecule has 1 aliphatic rings. The van der Waals surface area contributed by atoms with Crippen LogP contribution in [-0.2, 0) is 4.74 Å². The van der Waals surface area contributed by atoms with E-state index in [1.54, 1.807) is 7.11 Å². The van der Waals surface area contributed by atoms with Crippen LogP contribution < -0.4 is 5.73 Å². The van der Waals surface area contributed by atoms with E-state index < -0.39 is 0 Å². The lowest BCUT2D eigenvalue weighted by Gasteiger charge is -2.35. The SMILES string of the molecule is COCCN(CC(C)(C)C(C)N)C1CC1. The third-order valence-corrected chi connectivity index (χ3v) is 3.49. The van der Waals surface area contributed by atoms with Gasteiger partial charge >= 0.3 is 0 Å². The first kappa shape index (κ1) is 12.9. The van der Waals surface area contributed by atoms with E-state index in [-0.39, 0.29) is 11.5 Å². The number of methoxy groups -OCH3 is 1. The van der Waals surface area contributed by atoms with Crippen molar-refractivity contribution in [2.24, 2.45) is 11.1 Å². The van der Waals surface area contributed by atoms with Gasteiger partial charge in [-0.05, 0) is 25.2 Å². The second kappa shape index (κ2) is 5.28. The lowest BCUT2D eigenvalue weighted by Crippen LogP contribution is -2.45. The van der Waals surface area contributed by atoms with Crippen molar-refractivity contribution in [2.75, 3.05) is 26.8 Å². The molecule has 0 saturated heterocycles. The Bertz CT molecular complexity index is 188. The molecule has 1 rings (SSSR count). The van der Waals surface area contributed by atoms with Crippen LogP contribution in [0.25, 0.3) is 0 Å². The summed E-state index contributed by atoms with van der Waals surface area (Å²) < 4.78 is 5.15. The summed E-state index contributed by atoms with van der Waals surface area (Å²) in [6.45, 7) is 9.54. The summed E-state index contributed by atoms with van der Waals surface area (Å²) in [4.78, 5) is 2.53. The van der Waals surface area contributed by atoms with Crippen molar-refractivity contribution < 1.29 is 4.74 Å². The smallest absolute Gasteiger partial charge is 0.0589 e. The Balaban J connectivity index is 2.42. The third-order valence-electron chi connectivity index (χ3n) is 3.49. The molecule has 0 aromatic heterocycles. The average Bonchev–Trinajstić information content (AvgIpc) is 2.94. The average molecular weight is 214 g/mol. The standard InChI is InChI=1S/C12H26N2O/c1-10(13)12(2,3)9-14(7-8-15-4)11-5-6-11/h10-11H,5-9,13H2,1-4H3. The lowest BCUT2D eigenvalue weighted by atomic mass is 9.85. The quantitative estimate of drug-likeness (QED) is 0.697. The number of nitrogens with zero attached hydrogens (tertiary/aromatic N) is 1. The van der Waals surface area contributed by atoms with Crippen molar-refractivity contribution in [1.82, 2.24) is 4.90 Å². The van der Waals surface area contributed by atoms with Crippen molar-refractivity contribution in [3.63, 3.8) is 0 Å². The van der Waals surface area contributed by atoms with Crippen LogP contribution in [0.2, 0.25) is 0 Å². The fourth-order valence-electron chi connectivity index (χ4n) is 1.71. The van der Waals surface area contributed by atoms with Gasteiger partial charge in [-0.25, -0.2) is 0 Å². The van der Waals surface area contributed by atoms with Gasteiger partial charge in [0.15, 0.2) is 0 Å². The molecule has 0 aromatic rings. The number of hydrogen-bond donors (Lipinski definition) is 1.